The van der Waals surface area contributed by atoms with E-state index in [1.54, 1.807) is 24.3 Å². The maximum Gasteiger partial charge on any atom is 0.349 e. The molecule has 1 aromatic rings. The maximum absolute atomic E-state index is 12.2. The average Bonchev–Trinajstić information content (AvgIpc) is 2.06. The molecule has 0 bridgehead atoms. The van der Waals surface area contributed by atoms with Crippen LogP contribution in [-0.2, 0) is 0 Å². The number of nitrogens with one attached hydrogen (secondary N) is 1. The number of anilines is 1. The van der Waals surface area contributed by atoms with Crippen molar-refractivity contribution in [2.45, 2.75) is 0 Å². The van der Waals surface area contributed by atoms with Gasteiger partial charge in [-0.1, -0.05) is 22.7 Å². The lowest BCUT2D eigenvalue weighted by Crippen LogP contribution is -2.23. The molecule has 0 saturated heterocycles. The molecule has 3 nitrogen and oxygen atoms in total. The van der Waals surface area contributed by atoms with Crippen molar-refractivity contribution in [3.05, 3.63) is 30.3 Å². The largest absolute Gasteiger partial charge is 0.349 e. The number of hydrogen-bond acceptors (Lipinski definition) is 1. The summed E-state index contributed by atoms with van der Waals surface area (Å²) in [6, 6.07) is 8.67. The molecule has 0 aliphatic heterocycles. The molecule has 63 valence electrons. The van der Waals surface area contributed by atoms with E-state index in [1.807, 2.05) is 0 Å². The van der Waals surface area contributed by atoms with Gasteiger partial charge in [0.05, 0.1) is 5.69 Å². The van der Waals surface area contributed by atoms with Gasteiger partial charge in [-0.3, -0.25) is 0 Å². The molecule has 2 amide bonds. The van der Waals surface area contributed by atoms with Crippen molar-refractivity contribution < 1.29 is 9.28 Å². The zero-order valence-corrected chi connectivity index (χ0v) is 6.54. The van der Waals surface area contributed by atoms with Gasteiger partial charge < -0.3 is 5.32 Å². The molecule has 0 aromatic heterocycles. The molecule has 0 aliphatic rings. The smallest absolute Gasteiger partial charge is 0.305 e. The monoisotopic (exact) mass is 167 g/mol. The number of rotatable bonds is 1. The fraction of sp³-hybridized carbons (Fsp3) is 0.125. The molecule has 0 fully saturated rings. The summed E-state index contributed by atoms with van der Waals surface area (Å²) in [6.45, 7) is 0. The van der Waals surface area contributed by atoms with Crippen LogP contribution in [0.2, 0.25) is 0 Å². The second-order valence-electron chi connectivity index (χ2n) is 2.18. The zero-order valence-electron chi connectivity index (χ0n) is 6.54. The Labute approximate surface area is 69.7 Å². The van der Waals surface area contributed by atoms with Crippen molar-refractivity contribution in [3.63, 3.8) is 0 Å². The number of hydrogen-bond donors (Lipinski definition) is 1. The predicted molar refractivity (Wildman–Crippen MR) is 43.2 cm³/mol. The lowest BCUT2D eigenvalue weighted by molar-refractivity contribution is 0.104. The Morgan fingerprint density at radius 1 is 1.67 bits per heavy atom. The molecule has 0 heterocycles. The zero-order chi connectivity index (χ0) is 8.97. The van der Waals surface area contributed by atoms with Crippen LogP contribution >= 0.6 is 0 Å². The Balaban J connectivity index is 2.59. The van der Waals surface area contributed by atoms with Gasteiger partial charge in [0.2, 0.25) is 0 Å². The number of para-hydroxylation sites is 1. The summed E-state index contributed by atoms with van der Waals surface area (Å²) < 4.78 is 12.2. The molecule has 0 aliphatic carbocycles. The average molecular weight is 167 g/mol. The standard InChI is InChI=1S/C8H8FN2O/c1-11(9)8(12)10-7-5-3-2-4-6-7/h2-5H,1H3,(H,10,12). The molecular weight excluding hydrogens is 159 g/mol. The summed E-state index contributed by atoms with van der Waals surface area (Å²) >= 11 is 0. The van der Waals surface area contributed by atoms with Crippen molar-refractivity contribution in [2.24, 2.45) is 0 Å². The topological polar surface area (TPSA) is 32.3 Å². The minimum absolute atomic E-state index is 0.0269. The number of urea groups is 1. The highest BCUT2D eigenvalue weighted by molar-refractivity contribution is 5.88. The first kappa shape index (κ1) is 8.52. The predicted octanol–water partition coefficient (Wildman–Crippen LogP) is 1.83. The van der Waals surface area contributed by atoms with Crippen LogP contribution in [0.25, 0.3) is 0 Å². The van der Waals surface area contributed by atoms with Gasteiger partial charge in [-0.15, -0.1) is 0 Å². The Morgan fingerprint density at radius 2 is 2.42 bits per heavy atom. The maximum atomic E-state index is 12.2. The van der Waals surface area contributed by atoms with Crippen LogP contribution in [0, 0.1) is 6.07 Å². The van der Waals surface area contributed by atoms with Crippen molar-refractivity contribution in [2.75, 3.05) is 12.4 Å². The van der Waals surface area contributed by atoms with Crippen LogP contribution in [0.3, 0.4) is 0 Å². The second kappa shape index (κ2) is 3.71. The minimum Gasteiger partial charge on any atom is -0.305 e. The normalized spacial score (nSPS) is 9.17. The van der Waals surface area contributed by atoms with Gasteiger partial charge >= 0.3 is 6.03 Å². The van der Waals surface area contributed by atoms with Crippen LogP contribution < -0.4 is 5.32 Å². The van der Waals surface area contributed by atoms with E-state index in [9.17, 15) is 9.28 Å². The lowest BCUT2D eigenvalue weighted by atomic mass is 10.3. The number of benzene rings is 1. The van der Waals surface area contributed by atoms with Gasteiger partial charge in [-0.05, 0) is 6.07 Å². The Hall–Kier alpha value is -1.58. The van der Waals surface area contributed by atoms with Gasteiger partial charge in [0, 0.05) is 13.1 Å². The highest BCUT2D eigenvalue weighted by Crippen LogP contribution is 2.04. The van der Waals surface area contributed by atoms with E-state index in [-0.39, 0.29) is 5.12 Å². The van der Waals surface area contributed by atoms with E-state index in [2.05, 4.69) is 11.4 Å². The molecule has 1 aromatic carbocycles. The molecule has 0 unspecified atom stereocenters. The summed E-state index contributed by atoms with van der Waals surface area (Å²) in [6.07, 6.45) is 0. The summed E-state index contributed by atoms with van der Waals surface area (Å²) in [5, 5.41) is 2.27. The first-order chi connectivity index (χ1) is 5.70. The third-order valence-electron chi connectivity index (χ3n) is 1.23. The third-order valence-corrected chi connectivity index (χ3v) is 1.23. The molecule has 0 saturated carbocycles. The van der Waals surface area contributed by atoms with Crippen molar-refractivity contribution in [3.8, 4) is 0 Å². The number of nitrogens with zero attached hydrogens (tertiary/aromatic N) is 1. The summed E-state index contributed by atoms with van der Waals surface area (Å²) in [7, 11) is 1.03. The van der Waals surface area contributed by atoms with Gasteiger partial charge in [0.15, 0.2) is 0 Å². The highest BCUT2D eigenvalue weighted by Gasteiger charge is 2.05. The van der Waals surface area contributed by atoms with E-state index in [0.29, 0.717) is 5.69 Å². The van der Waals surface area contributed by atoms with Crippen molar-refractivity contribution in [1.82, 2.24) is 5.12 Å². The molecule has 1 N–H and O–H groups in total. The SMILES string of the molecule is CN(F)C(=O)Nc1[c]cccc1. The van der Waals surface area contributed by atoms with E-state index in [4.69, 9.17) is 0 Å². The Bertz CT molecular complexity index is 261. The molecule has 0 spiro atoms. The van der Waals surface area contributed by atoms with E-state index >= 15 is 0 Å². The molecule has 1 rings (SSSR count). The first-order valence-corrected chi connectivity index (χ1v) is 3.37. The fourth-order valence-electron chi connectivity index (χ4n) is 0.663. The van der Waals surface area contributed by atoms with E-state index in [0.717, 1.165) is 7.05 Å². The Morgan fingerprint density at radius 3 is 2.92 bits per heavy atom. The van der Waals surface area contributed by atoms with Crippen molar-refractivity contribution in [1.29, 1.82) is 0 Å². The van der Waals surface area contributed by atoms with Gasteiger partial charge in [0.1, 0.15) is 0 Å². The molecule has 0 atom stereocenters. The number of amides is 2. The highest BCUT2D eigenvalue weighted by atomic mass is 19.2. The summed E-state index contributed by atoms with van der Waals surface area (Å²) in [5.41, 5.74) is 0.451. The summed E-state index contributed by atoms with van der Waals surface area (Å²) in [5.74, 6) is 0. The Kier molecular flexibility index (Phi) is 2.63. The fourth-order valence-corrected chi connectivity index (χ4v) is 0.663. The second-order valence-corrected chi connectivity index (χ2v) is 2.18. The van der Waals surface area contributed by atoms with Crippen LogP contribution in [0.1, 0.15) is 0 Å². The van der Waals surface area contributed by atoms with Crippen LogP contribution in [0.15, 0.2) is 24.3 Å². The number of halogens is 1. The van der Waals surface area contributed by atoms with Gasteiger partial charge in [0.25, 0.3) is 0 Å². The van der Waals surface area contributed by atoms with Crippen LogP contribution in [0.5, 0.6) is 0 Å². The number of carbonyl (C=O) groups is 1. The molecular formula is C8H8FN2O. The van der Waals surface area contributed by atoms with Crippen LogP contribution in [0.4, 0.5) is 15.0 Å². The first-order valence-electron chi connectivity index (χ1n) is 3.37. The van der Waals surface area contributed by atoms with Gasteiger partial charge in [-0.25, -0.2) is 4.79 Å². The van der Waals surface area contributed by atoms with Crippen molar-refractivity contribution >= 4 is 11.7 Å². The van der Waals surface area contributed by atoms with E-state index < -0.39 is 6.03 Å². The third kappa shape index (κ3) is 2.23. The summed E-state index contributed by atoms with van der Waals surface area (Å²) in [4.78, 5) is 10.7. The quantitative estimate of drug-likeness (QED) is 0.636. The molecule has 4 heteroatoms. The molecule has 12 heavy (non-hydrogen) atoms. The minimum atomic E-state index is -0.808. The number of carbonyl (C=O) groups excluding carboxylic acids is 1. The van der Waals surface area contributed by atoms with Gasteiger partial charge in [-0.2, -0.15) is 5.12 Å². The van der Waals surface area contributed by atoms with Crippen LogP contribution in [-0.4, -0.2) is 18.2 Å². The molecule has 1 radical (unpaired) electrons. The van der Waals surface area contributed by atoms with E-state index in [1.165, 1.54) is 0 Å². The lowest BCUT2D eigenvalue weighted by Gasteiger charge is -2.06.